The molecule has 1 aromatic carbocycles. The summed E-state index contributed by atoms with van der Waals surface area (Å²) in [6.07, 6.45) is 0. The maximum atomic E-state index is 12.4. The van der Waals surface area contributed by atoms with E-state index in [0.717, 1.165) is 19.2 Å². The van der Waals surface area contributed by atoms with Crippen LogP contribution in [0.2, 0.25) is 0 Å². The highest BCUT2D eigenvalue weighted by atomic mass is 32.5. The summed E-state index contributed by atoms with van der Waals surface area (Å²) in [4.78, 5) is 8.98. The van der Waals surface area contributed by atoms with Crippen LogP contribution < -0.4 is 5.73 Å². The second kappa shape index (κ2) is 3.58. The SMILES string of the molecule is COC(=O)[C@@H](N)c1ccc(S(F)(F)(F)(F)F)cc1. The van der Waals surface area contributed by atoms with Gasteiger partial charge >= 0.3 is 16.2 Å². The first kappa shape index (κ1) is 14.7. The molecule has 9 heteroatoms. The van der Waals surface area contributed by atoms with Gasteiger partial charge in [-0.3, -0.25) is 4.79 Å². The Morgan fingerprint density at radius 2 is 1.61 bits per heavy atom. The first-order valence-corrected chi connectivity index (χ1v) is 6.48. The summed E-state index contributed by atoms with van der Waals surface area (Å²) in [7, 11) is -8.64. The molecule has 3 nitrogen and oxygen atoms in total. The van der Waals surface area contributed by atoms with Crippen LogP contribution in [0.1, 0.15) is 11.6 Å². The molecule has 0 saturated carbocycles. The summed E-state index contributed by atoms with van der Waals surface area (Å²) in [6.45, 7) is 0. The van der Waals surface area contributed by atoms with Gasteiger partial charge in [0.15, 0.2) is 0 Å². The Morgan fingerprint density at radius 3 is 1.94 bits per heavy atom. The Hall–Kier alpha value is -1.35. The van der Waals surface area contributed by atoms with Crippen molar-refractivity contribution in [3.63, 3.8) is 0 Å². The maximum absolute atomic E-state index is 12.4. The van der Waals surface area contributed by atoms with E-state index in [2.05, 4.69) is 4.74 Å². The van der Waals surface area contributed by atoms with Gasteiger partial charge in [0, 0.05) is 0 Å². The number of halogens is 5. The number of benzene rings is 1. The largest absolute Gasteiger partial charge is 0.468 e. The van der Waals surface area contributed by atoms with Crippen LogP contribution in [-0.2, 0) is 9.53 Å². The molecule has 1 atom stereocenters. The van der Waals surface area contributed by atoms with E-state index in [1.54, 1.807) is 0 Å². The molecule has 0 saturated heterocycles. The van der Waals surface area contributed by atoms with E-state index in [1.807, 2.05) is 0 Å². The molecule has 2 N–H and O–H groups in total. The van der Waals surface area contributed by atoms with Gasteiger partial charge in [-0.05, 0) is 17.7 Å². The Labute approximate surface area is 99.4 Å². The standard InChI is InChI=1S/C9H10F5NO2S/c1-17-9(16)8(15)6-2-4-7(5-3-6)18(10,11,12,13)14/h2-5,8H,15H2,1H3/t8-/m0/s1. The summed E-state index contributed by atoms with van der Waals surface area (Å²) in [5, 5.41) is 0. The highest BCUT2D eigenvalue weighted by molar-refractivity contribution is 8.45. The van der Waals surface area contributed by atoms with Crippen molar-refractivity contribution < 1.29 is 29.0 Å². The van der Waals surface area contributed by atoms with Crippen LogP contribution >= 0.6 is 10.2 Å². The number of methoxy groups -OCH3 is 1. The smallest absolute Gasteiger partial charge is 0.327 e. The monoisotopic (exact) mass is 291 g/mol. The molecule has 104 valence electrons. The van der Waals surface area contributed by atoms with Crippen LogP contribution in [0.5, 0.6) is 0 Å². The summed E-state index contributed by atoms with van der Waals surface area (Å²) in [5.41, 5.74) is 5.29. The van der Waals surface area contributed by atoms with Crippen molar-refractivity contribution in [2.24, 2.45) is 5.73 Å². The Balaban J connectivity index is 3.13. The summed E-state index contributed by atoms with van der Waals surface area (Å²) >= 11 is 0. The van der Waals surface area contributed by atoms with Crippen molar-refractivity contribution in [1.29, 1.82) is 0 Å². The topological polar surface area (TPSA) is 52.3 Å². The average Bonchev–Trinajstić information content (AvgIpc) is 2.24. The van der Waals surface area contributed by atoms with E-state index in [9.17, 15) is 24.2 Å². The van der Waals surface area contributed by atoms with Crippen molar-refractivity contribution in [3.05, 3.63) is 29.8 Å². The fraction of sp³-hybridized carbons (Fsp3) is 0.222. The van der Waals surface area contributed by atoms with Crippen LogP contribution in [0, 0.1) is 0 Å². The van der Waals surface area contributed by atoms with Gasteiger partial charge < -0.3 is 10.5 Å². The van der Waals surface area contributed by atoms with Crippen LogP contribution in [0.3, 0.4) is 0 Å². The number of hydrogen-bond acceptors (Lipinski definition) is 3. The third-order valence-electron chi connectivity index (χ3n) is 2.14. The van der Waals surface area contributed by atoms with Gasteiger partial charge in [-0.2, -0.15) is 0 Å². The number of carbonyl (C=O) groups is 1. The zero-order valence-corrected chi connectivity index (χ0v) is 9.90. The maximum Gasteiger partial charge on any atom is 0.327 e. The quantitative estimate of drug-likeness (QED) is 0.685. The molecule has 0 unspecified atom stereocenters. The van der Waals surface area contributed by atoms with Crippen LogP contribution in [0.25, 0.3) is 0 Å². The molecule has 1 aromatic rings. The van der Waals surface area contributed by atoms with Crippen molar-refractivity contribution in [2.45, 2.75) is 10.9 Å². The lowest BCUT2D eigenvalue weighted by Gasteiger charge is -2.40. The van der Waals surface area contributed by atoms with Crippen LogP contribution in [0.4, 0.5) is 19.4 Å². The molecule has 0 aliphatic rings. The molecule has 0 heterocycles. The predicted octanol–water partition coefficient (Wildman–Crippen LogP) is 3.52. The lowest BCUT2D eigenvalue weighted by atomic mass is 10.1. The zero-order valence-electron chi connectivity index (χ0n) is 9.08. The minimum Gasteiger partial charge on any atom is -0.468 e. The number of ether oxygens (including phenoxy) is 1. The average molecular weight is 291 g/mol. The van der Waals surface area contributed by atoms with Gasteiger partial charge in [0.2, 0.25) is 0 Å². The van der Waals surface area contributed by atoms with Gasteiger partial charge in [0.25, 0.3) is 0 Å². The molecule has 0 radical (unpaired) electrons. The lowest BCUT2D eigenvalue weighted by molar-refractivity contribution is -0.142. The third-order valence-corrected chi connectivity index (χ3v) is 3.30. The van der Waals surface area contributed by atoms with Crippen LogP contribution in [0.15, 0.2) is 29.2 Å². The molecule has 1 rings (SSSR count). The minimum absolute atomic E-state index is 0.0487. The molecule has 0 fully saturated rings. The van der Waals surface area contributed by atoms with E-state index in [1.165, 1.54) is 0 Å². The molecular formula is C9H10F5NO2S. The molecule has 0 aliphatic heterocycles. The molecule has 0 aromatic heterocycles. The first-order valence-electron chi connectivity index (χ1n) is 4.52. The van der Waals surface area contributed by atoms with E-state index in [-0.39, 0.29) is 17.7 Å². The Bertz CT molecular complexity index is 469. The van der Waals surface area contributed by atoms with Gasteiger partial charge in [-0.1, -0.05) is 31.6 Å². The normalized spacial score (nSPS) is 17.5. The fourth-order valence-electron chi connectivity index (χ4n) is 1.20. The first-order chi connectivity index (χ1) is 7.85. The van der Waals surface area contributed by atoms with Crippen molar-refractivity contribution in [3.8, 4) is 0 Å². The molecule has 0 spiro atoms. The second-order valence-electron chi connectivity index (χ2n) is 3.54. The van der Waals surface area contributed by atoms with Gasteiger partial charge in [-0.25, -0.2) is 0 Å². The van der Waals surface area contributed by atoms with E-state index in [4.69, 9.17) is 5.73 Å². The van der Waals surface area contributed by atoms with E-state index < -0.39 is 27.1 Å². The Kier molecular flexibility index (Phi) is 2.92. The molecule has 0 bridgehead atoms. The summed E-state index contributed by atoms with van der Waals surface area (Å²) in [5.74, 6) is -0.880. The minimum atomic E-state index is -9.69. The highest BCUT2D eigenvalue weighted by Gasteiger charge is 2.65. The number of carbonyl (C=O) groups excluding carboxylic acids is 1. The van der Waals surface area contributed by atoms with Gasteiger partial charge in [0.1, 0.15) is 10.9 Å². The van der Waals surface area contributed by atoms with Gasteiger partial charge in [-0.15, -0.1) is 0 Å². The number of nitrogens with two attached hydrogens (primary N) is 1. The van der Waals surface area contributed by atoms with Crippen molar-refractivity contribution in [1.82, 2.24) is 0 Å². The number of hydrogen-bond donors (Lipinski definition) is 1. The van der Waals surface area contributed by atoms with Crippen molar-refractivity contribution >= 4 is 16.2 Å². The number of rotatable bonds is 3. The summed E-state index contributed by atoms with van der Waals surface area (Å²) in [6, 6.07) is 0.505. The molecule has 18 heavy (non-hydrogen) atoms. The zero-order chi connectivity index (χ0) is 14.3. The van der Waals surface area contributed by atoms with Gasteiger partial charge in [0.05, 0.1) is 7.11 Å². The van der Waals surface area contributed by atoms with E-state index in [0.29, 0.717) is 0 Å². The lowest BCUT2D eigenvalue weighted by Crippen LogP contribution is -2.22. The molecular weight excluding hydrogens is 281 g/mol. The predicted molar refractivity (Wildman–Crippen MR) is 56.8 cm³/mol. The molecule has 0 amide bonds. The van der Waals surface area contributed by atoms with Crippen molar-refractivity contribution in [2.75, 3.05) is 7.11 Å². The van der Waals surface area contributed by atoms with E-state index >= 15 is 0 Å². The second-order valence-corrected chi connectivity index (χ2v) is 5.95. The fourth-order valence-corrected chi connectivity index (χ4v) is 1.85. The highest BCUT2D eigenvalue weighted by Crippen LogP contribution is 3.02. The van der Waals surface area contributed by atoms with Crippen LogP contribution in [-0.4, -0.2) is 13.1 Å². The number of esters is 1. The summed E-state index contributed by atoms with van der Waals surface area (Å²) < 4.78 is 66.2. The Morgan fingerprint density at radius 1 is 1.17 bits per heavy atom. The molecule has 0 aliphatic carbocycles. The third kappa shape index (κ3) is 3.33.